The van der Waals surface area contributed by atoms with Crippen molar-refractivity contribution in [2.75, 3.05) is 53.0 Å². The highest BCUT2D eigenvalue weighted by Gasteiger charge is 2.44. The summed E-state index contributed by atoms with van der Waals surface area (Å²) in [6.07, 6.45) is 2.18. The molecule has 1 atom stereocenters. The molecule has 5 nitrogen and oxygen atoms in total. The maximum absolute atomic E-state index is 13.5. The van der Waals surface area contributed by atoms with E-state index in [0.717, 1.165) is 70.3 Å². The third kappa shape index (κ3) is 5.17. The van der Waals surface area contributed by atoms with E-state index in [2.05, 4.69) is 27.4 Å². The Hall–Kier alpha value is -1.66. The normalized spacial score (nSPS) is 21.3. The maximum Gasteiger partial charge on any atom is 0.191 e. The summed E-state index contributed by atoms with van der Waals surface area (Å²) in [6, 6.07) is 6.99. The van der Waals surface area contributed by atoms with Crippen LogP contribution in [0.15, 0.2) is 29.3 Å². The number of guanidine groups is 1. The van der Waals surface area contributed by atoms with E-state index in [1.54, 1.807) is 19.2 Å². The first kappa shape index (κ1) is 19.1. The largest absolute Gasteiger partial charge is 0.379 e. The highest BCUT2D eigenvalue weighted by molar-refractivity contribution is 5.79. The molecule has 2 N–H and O–H groups in total. The second-order valence-electron chi connectivity index (χ2n) is 7.62. The minimum atomic E-state index is -0.159. The van der Waals surface area contributed by atoms with Crippen LogP contribution in [0.2, 0.25) is 0 Å². The topological polar surface area (TPSA) is 48.9 Å². The van der Waals surface area contributed by atoms with Crippen LogP contribution in [0.5, 0.6) is 0 Å². The summed E-state index contributed by atoms with van der Waals surface area (Å²) in [7, 11) is 1.80. The lowest BCUT2D eigenvalue weighted by Gasteiger charge is -2.29. The molecule has 1 aromatic carbocycles. The van der Waals surface area contributed by atoms with E-state index in [1.165, 1.54) is 6.07 Å². The summed E-state index contributed by atoms with van der Waals surface area (Å²) < 4.78 is 18.9. The number of halogens is 1. The van der Waals surface area contributed by atoms with Gasteiger partial charge in [-0.3, -0.25) is 9.89 Å². The Labute approximate surface area is 156 Å². The number of hydrogen-bond donors (Lipinski definition) is 2. The van der Waals surface area contributed by atoms with Crippen LogP contribution in [0.4, 0.5) is 4.39 Å². The second-order valence-corrected chi connectivity index (χ2v) is 7.62. The number of rotatable bonds is 7. The Morgan fingerprint density at radius 3 is 2.73 bits per heavy atom. The minimum Gasteiger partial charge on any atom is -0.379 e. The van der Waals surface area contributed by atoms with Crippen LogP contribution in [0.3, 0.4) is 0 Å². The van der Waals surface area contributed by atoms with Crippen molar-refractivity contribution < 1.29 is 9.13 Å². The van der Waals surface area contributed by atoms with Gasteiger partial charge in [-0.05, 0) is 36.5 Å². The van der Waals surface area contributed by atoms with E-state index in [0.29, 0.717) is 5.92 Å². The number of nitrogens with one attached hydrogen (secondary N) is 2. The molecule has 0 aromatic heterocycles. The smallest absolute Gasteiger partial charge is 0.191 e. The van der Waals surface area contributed by atoms with E-state index < -0.39 is 0 Å². The monoisotopic (exact) mass is 362 g/mol. The van der Waals surface area contributed by atoms with Crippen LogP contribution in [-0.2, 0) is 10.2 Å². The summed E-state index contributed by atoms with van der Waals surface area (Å²) in [4.78, 5) is 6.79. The zero-order valence-corrected chi connectivity index (χ0v) is 15.9. The van der Waals surface area contributed by atoms with E-state index in [1.807, 2.05) is 6.07 Å². The van der Waals surface area contributed by atoms with Gasteiger partial charge < -0.3 is 15.4 Å². The van der Waals surface area contributed by atoms with Crippen molar-refractivity contribution in [2.24, 2.45) is 10.9 Å². The Kier molecular flexibility index (Phi) is 6.48. The molecule has 1 aliphatic heterocycles. The second kappa shape index (κ2) is 8.82. The molecule has 1 aliphatic carbocycles. The summed E-state index contributed by atoms with van der Waals surface area (Å²) in [5, 5.41) is 6.86. The average molecular weight is 362 g/mol. The molecule has 1 saturated carbocycles. The predicted molar refractivity (Wildman–Crippen MR) is 103 cm³/mol. The van der Waals surface area contributed by atoms with Gasteiger partial charge in [-0.15, -0.1) is 0 Å². The highest BCUT2D eigenvalue weighted by Crippen LogP contribution is 2.47. The fourth-order valence-electron chi connectivity index (χ4n) is 3.57. The predicted octanol–water partition coefficient (Wildman–Crippen LogP) is 1.99. The number of nitrogens with zero attached hydrogens (tertiary/aromatic N) is 2. The molecule has 1 aromatic rings. The number of ether oxygens (including phenoxy) is 1. The lowest BCUT2D eigenvalue weighted by molar-refractivity contribution is 0.0320. The van der Waals surface area contributed by atoms with Gasteiger partial charge in [-0.25, -0.2) is 4.39 Å². The van der Waals surface area contributed by atoms with Crippen molar-refractivity contribution in [1.82, 2.24) is 15.5 Å². The Morgan fingerprint density at radius 1 is 1.31 bits per heavy atom. The molecular weight excluding hydrogens is 331 g/mol. The van der Waals surface area contributed by atoms with E-state index >= 15 is 0 Å². The lowest BCUT2D eigenvalue weighted by Crippen LogP contribution is -2.45. The third-order valence-electron chi connectivity index (χ3n) is 5.40. The molecule has 144 valence electrons. The molecule has 0 bridgehead atoms. The van der Waals surface area contributed by atoms with Crippen LogP contribution in [0, 0.1) is 11.7 Å². The molecule has 2 aliphatic rings. The quantitative estimate of drug-likeness (QED) is 0.575. The van der Waals surface area contributed by atoms with Crippen molar-refractivity contribution in [3.8, 4) is 0 Å². The first-order chi connectivity index (χ1) is 12.6. The van der Waals surface area contributed by atoms with Gasteiger partial charge in [0, 0.05) is 45.2 Å². The number of aliphatic imine (C=N–C) groups is 1. The lowest BCUT2D eigenvalue weighted by atomic mass is 9.96. The van der Waals surface area contributed by atoms with Crippen LogP contribution >= 0.6 is 0 Å². The first-order valence-electron chi connectivity index (χ1n) is 9.62. The number of benzene rings is 1. The fourth-order valence-corrected chi connectivity index (χ4v) is 3.57. The molecule has 2 fully saturated rings. The molecule has 0 radical (unpaired) electrons. The Bertz CT molecular complexity index is 612. The molecule has 0 spiro atoms. The Morgan fingerprint density at radius 2 is 2.08 bits per heavy atom. The Balaban J connectivity index is 1.43. The first-order valence-corrected chi connectivity index (χ1v) is 9.62. The summed E-state index contributed by atoms with van der Waals surface area (Å²) in [6.45, 7) is 8.71. The van der Waals surface area contributed by atoms with Gasteiger partial charge >= 0.3 is 0 Å². The van der Waals surface area contributed by atoms with Crippen molar-refractivity contribution in [2.45, 2.75) is 25.2 Å². The molecule has 26 heavy (non-hydrogen) atoms. The number of hydrogen-bond acceptors (Lipinski definition) is 3. The zero-order chi connectivity index (χ0) is 18.4. The standard InChI is InChI=1S/C20H31FN4O/c1-16(14-25-8-10-26-11-9-25)13-23-19(22-2)24-15-20(6-7-20)17-4-3-5-18(21)12-17/h3-5,12,16H,6-11,13-15H2,1-2H3,(H2,22,23,24). The molecule has 6 heteroatoms. The van der Waals surface area contributed by atoms with Gasteiger partial charge in [0.2, 0.25) is 0 Å². The zero-order valence-electron chi connectivity index (χ0n) is 15.9. The van der Waals surface area contributed by atoms with Crippen molar-refractivity contribution in [3.63, 3.8) is 0 Å². The van der Waals surface area contributed by atoms with Gasteiger partial charge in [-0.2, -0.15) is 0 Å². The van der Waals surface area contributed by atoms with Crippen LogP contribution < -0.4 is 10.6 Å². The SMILES string of the molecule is CN=C(NCC(C)CN1CCOCC1)NCC1(c2cccc(F)c2)CC1. The highest BCUT2D eigenvalue weighted by atomic mass is 19.1. The van der Waals surface area contributed by atoms with Gasteiger partial charge in [0.25, 0.3) is 0 Å². The van der Waals surface area contributed by atoms with Crippen LogP contribution in [0.1, 0.15) is 25.3 Å². The minimum absolute atomic E-state index is 0.0547. The molecule has 3 rings (SSSR count). The molecular formula is C20H31FN4O. The summed E-state index contributed by atoms with van der Waals surface area (Å²) in [5.74, 6) is 1.19. The summed E-state index contributed by atoms with van der Waals surface area (Å²) >= 11 is 0. The number of morpholine rings is 1. The van der Waals surface area contributed by atoms with Gasteiger partial charge in [0.1, 0.15) is 5.82 Å². The molecule has 1 saturated heterocycles. The van der Waals surface area contributed by atoms with E-state index in [4.69, 9.17) is 4.74 Å². The third-order valence-corrected chi connectivity index (χ3v) is 5.40. The van der Waals surface area contributed by atoms with Crippen molar-refractivity contribution >= 4 is 5.96 Å². The molecule has 0 amide bonds. The van der Waals surface area contributed by atoms with Crippen molar-refractivity contribution in [1.29, 1.82) is 0 Å². The van der Waals surface area contributed by atoms with Gasteiger partial charge in [0.15, 0.2) is 5.96 Å². The van der Waals surface area contributed by atoms with Gasteiger partial charge in [0.05, 0.1) is 13.2 Å². The maximum atomic E-state index is 13.5. The molecule has 1 heterocycles. The summed E-state index contributed by atoms with van der Waals surface area (Å²) in [5.41, 5.74) is 1.14. The average Bonchev–Trinajstić information content (AvgIpc) is 3.44. The van der Waals surface area contributed by atoms with Crippen molar-refractivity contribution in [3.05, 3.63) is 35.6 Å². The fraction of sp³-hybridized carbons (Fsp3) is 0.650. The van der Waals surface area contributed by atoms with Gasteiger partial charge in [-0.1, -0.05) is 19.1 Å². The van der Waals surface area contributed by atoms with Crippen LogP contribution in [0.25, 0.3) is 0 Å². The van der Waals surface area contributed by atoms with Crippen LogP contribution in [-0.4, -0.2) is 63.8 Å². The van der Waals surface area contributed by atoms with E-state index in [-0.39, 0.29) is 11.2 Å². The van der Waals surface area contributed by atoms with E-state index in [9.17, 15) is 4.39 Å². The molecule has 1 unspecified atom stereocenters.